The number of halogens is 2. The molecule has 1 aliphatic heterocycles. The summed E-state index contributed by atoms with van der Waals surface area (Å²) in [5.41, 5.74) is 3.56. The van der Waals surface area contributed by atoms with Gasteiger partial charge in [-0.3, -0.25) is 4.90 Å². The van der Waals surface area contributed by atoms with Gasteiger partial charge in [0, 0.05) is 33.2 Å². The van der Waals surface area contributed by atoms with Crippen molar-refractivity contribution in [3.8, 4) is 5.75 Å². The van der Waals surface area contributed by atoms with Crippen molar-refractivity contribution in [2.24, 2.45) is 0 Å². The van der Waals surface area contributed by atoms with E-state index < -0.39 is 16.2 Å². The van der Waals surface area contributed by atoms with E-state index in [1.54, 1.807) is 25.3 Å². The molecule has 1 unspecified atom stereocenters. The number of hydrogen-bond acceptors (Lipinski definition) is 8. The van der Waals surface area contributed by atoms with Crippen LogP contribution < -0.4 is 15.4 Å². The van der Waals surface area contributed by atoms with Crippen LogP contribution >= 0.6 is 11.6 Å². The van der Waals surface area contributed by atoms with E-state index in [2.05, 4.69) is 37.6 Å². The van der Waals surface area contributed by atoms with Gasteiger partial charge in [0.05, 0.1) is 24.7 Å². The Balaban J connectivity index is 1.39. The molecule has 1 atom stereocenters. The fourth-order valence-corrected chi connectivity index (χ4v) is 6.72. The smallest absolute Gasteiger partial charge is 0.244 e. The van der Waals surface area contributed by atoms with Gasteiger partial charge in [0.2, 0.25) is 16.0 Å². The lowest BCUT2D eigenvalue weighted by atomic mass is 9.98. The summed E-state index contributed by atoms with van der Waals surface area (Å²) in [7, 11) is 0.889. The second-order valence-electron chi connectivity index (χ2n) is 10.7. The van der Waals surface area contributed by atoms with Crippen LogP contribution in [0.5, 0.6) is 5.75 Å². The van der Waals surface area contributed by atoms with Crippen molar-refractivity contribution in [3.05, 3.63) is 58.7 Å². The number of benzene rings is 2. The molecule has 1 fully saturated rings. The monoisotopic (exact) mass is 602 g/mol. The number of aromatic nitrogens is 2. The summed E-state index contributed by atoms with van der Waals surface area (Å²) in [4.78, 5) is 11.4. The molecule has 0 spiro atoms. The summed E-state index contributed by atoms with van der Waals surface area (Å²) in [5, 5.41) is 6.57. The maximum Gasteiger partial charge on any atom is 0.244 e. The average molecular weight is 603 g/mol. The van der Waals surface area contributed by atoms with Crippen LogP contribution in [-0.4, -0.2) is 74.1 Å². The molecule has 0 radical (unpaired) electrons. The first kappa shape index (κ1) is 29.5. The number of hydrogen-bond donors (Lipinski definition) is 2. The van der Waals surface area contributed by atoms with Crippen molar-refractivity contribution in [1.82, 2.24) is 19.2 Å². The van der Waals surface area contributed by atoms with Crippen LogP contribution in [0.4, 0.5) is 27.5 Å². The van der Waals surface area contributed by atoms with Crippen LogP contribution in [0.2, 0.25) is 5.02 Å². The third-order valence-electron chi connectivity index (χ3n) is 7.83. The topological polar surface area (TPSA) is 99.7 Å². The van der Waals surface area contributed by atoms with Crippen LogP contribution in [0.3, 0.4) is 0 Å². The normalized spacial score (nSPS) is 18.5. The number of para-hydroxylation sites is 1. The maximum atomic E-state index is 13.7. The molecule has 12 heteroatoms. The van der Waals surface area contributed by atoms with Crippen LogP contribution in [0.1, 0.15) is 36.8 Å². The minimum Gasteiger partial charge on any atom is -0.495 e. The lowest BCUT2D eigenvalue weighted by Gasteiger charge is -2.35. The minimum absolute atomic E-state index is 0.106. The van der Waals surface area contributed by atoms with Gasteiger partial charge in [-0.1, -0.05) is 23.7 Å². The van der Waals surface area contributed by atoms with Crippen LogP contribution in [-0.2, 0) is 22.9 Å². The molecular formula is C29H36ClFN6O3S. The molecule has 220 valence electrons. The lowest BCUT2D eigenvalue weighted by molar-refractivity contribution is 0.106. The number of nitrogens with one attached hydrogen (secondary N) is 2. The SMILES string of the molecule is COc1cc2c(cc1Nc1ncc(Cl)c(Nc3ccccc3S(=O)(=O)N(C)C)n1)CCCC(N1CCC(F)CC1)C2. The van der Waals surface area contributed by atoms with Gasteiger partial charge < -0.3 is 15.4 Å². The number of fused-ring (bicyclic) bond motifs is 1. The number of ether oxygens (including phenoxy) is 1. The van der Waals surface area contributed by atoms with Crippen molar-refractivity contribution >= 4 is 44.8 Å². The Kier molecular flexibility index (Phi) is 8.98. The van der Waals surface area contributed by atoms with Crippen molar-refractivity contribution in [1.29, 1.82) is 0 Å². The van der Waals surface area contributed by atoms with Crippen molar-refractivity contribution in [2.45, 2.75) is 55.6 Å². The van der Waals surface area contributed by atoms with E-state index in [0.29, 0.717) is 30.3 Å². The molecule has 2 N–H and O–H groups in total. The molecule has 2 aromatic carbocycles. The van der Waals surface area contributed by atoms with Gasteiger partial charge in [-0.2, -0.15) is 4.98 Å². The zero-order chi connectivity index (χ0) is 29.1. The Morgan fingerprint density at radius 3 is 2.56 bits per heavy atom. The summed E-state index contributed by atoms with van der Waals surface area (Å²) in [6.07, 6.45) is 6.00. The molecule has 2 aliphatic rings. The highest BCUT2D eigenvalue weighted by atomic mass is 35.5. The zero-order valence-corrected chi connectivity index (χ0v) is 25.1. The lowest BCUT2D eigenvalue weighted by Crippen LogP contribution is -2.42. The Morgan fingerprint density at radius 1 is 1.07 bits per heavy atom. The number of anilines is 4. The van der Waals surface area contributed by atoms with Gasteiger partial charge in [0.15, 0.2) is 5.82 Å². The molecule has 0 amide bonds. The van der Waals surface area contributed by atoms with Crippen LogP contribution in [0.25, 0.3) is 0 Å². The van der Waals surface area contributed by atoms with Gasteiger partial charge in [-0.15, -0.1) is 0 Å². The third kappa shape index (κ3) is 6.58. The largest absolute Gasteiger partial charge is 0.495 e. The Labute approximate surface area is 246 Å². The molecule has 1 aliphatic carbocycles. The van der Waals surface area contributed by atoms with E-state index in [-0.39, 0.29) is 21.7 Å². The molecule has 1 saturated heterocycles. The van der Waals surface area contributed by atoms with E-state index in [1.165, 1.54) is 37.5 Å². The van der Waals surface area contributed by atoms with Gasteiger partial charge in [0.1, 0.15) is 21.8 Å². The summed E-state index contributed by atoms with van der Waals surface area (Å²) in [6, 6.07) is 11.2. The number of likely N-dealkylation sites (tertiary alicyclic amines) is 1. The average Bonchev–Trinajstić information content (AvgIpc) is 3.17. The molecule has 0 saturated carbocycles. The summed E-state index contributed by atoms with van der Waals surface area (Å²) >= 11 is 6.41. The molecule has 0 bridgehead atoms. The van der Waals surface area contributed by atoms with Crippen molar-refractivity contribution in [3.63, 3.8) is 0 Å². The molecule has 1 aromatic heterocycles. The highest BCUT2D eigenvalue weighted by molar-refractivity contribution is 7.89. The molecular weight excluding hydrogens is 567 g/mol. The molecule has 9 nitrogen and oxygen atoms in total. The second kappa shape index (κ2) is 12.5. The zero-order valence-electron chi connectivity index (χ0n) is 23.5. The standard InChI is InChI=1S/C29H36ClFN6O3S/c1-36(2)41(38,39)27-10-5-4-9-24(27)33-28-23(30)18-32-29(35-28)34-25-16-19-7-6-8-22(15-20(19)17-26(25)40-3)37-13-11-21(31)12-14-37/h4-5,9-10,16-18,21-22H,6-8,11-15H2,1-3H3,(H2,32,33,34,35). The van der Waals surface area contributed by atoms with E-state index >= 15 is 0 Å². The summed E-state index contributed by atoms with van der Waals surface area (Å²) in [5.74, 6) is 1.21. The molecule has 3 aromatic rings. The predicted molar refractivity (Wildman–Crippen MR) is 160 cm³/mol. The number of nitrogens with zero attached hydrogens (tertiary/aromatic N) is 4. The van der Waals surface area contributed by atoms with Gasteiger partial charge >= 0.3 is 0 Å². The molecule has 2 heterocycles. The van der Waals surface area contributed by atoms with E-state index in [4.69, 9.17) is 16.3 Å². The molecule has 5 rings (SSSR count). The quantitative estimate of drug-likeness (QED) is 0.324. The maximum absolute atomic E-state index is 13.7. The number of piperidine rings is 1. The predicted octanol–water partition coefficient (Wildman–Crippen LogP) is 5.56. The Morgan fingerprint density at radius 2 is 1.83 bits per heavy atom. The minimum atomic E-state index is -3.70. The van der Waals surface area contributed by atoms with E-state index in [9.17, 15) is 12.8 Å². The fraction of sp³-hybridized carbons (Fsp3) is 0.448. The fourth-order valence-electron chi connectivity index (χ4n) is 5.54. The molecule has 41 heavy (non-hydrogen) atoms. The Bertz CT molecular complexity index is 1500. The first-order valence-electron chi connectivity index (χ1n) is 13.8. The number of rotatable bonds is 8. The Hall–Kier alpha value is -2.99. The summed E-state index contributed by atoms with van der Waals surface area (Å²) in [6.45, 7) is 1.63. The van der Waals surface area contributed by atoms with Crippen LogP contribution in [0, 0.1) is 0 Å². The van der Waals surface area contributed by atoms with Crippen molar-refractivity contribution in [2.75, 3.05) is 44.9 Å². The number of alkyl halides is 1. The van der Waals surface area contributed by atoms with Gasteiger partial charge in [-0.25, -0.2) is 22.1 Å². The van der Waals surface area contributed by atoms with E-state index in [1.807, 2.05) is 0 Å². The second-order valence-corrected chi connectivity index (χ2v) is 13.2. The summed E-state index contributed by atoms with van der Waals surface area (Å²) < 4.78 is 46.3. The van der Waals surface area contributed by atoms with Gasteiger partial charge in [-0.05, 0) is 73.9 Å². The number of methoxy groups -OCH3 is 1. The first-order chi connectivity index (χ1) is 19.7. The van der Waals surface area contributed by atoms with Gasteiger partial charge in [0.25, 0.3) is 0 Å². The number of sulfonamides is 1. The highest BCUT2D eigenvalue weighted by Crippen LogP contribution is 2.36. The first-order valence-corrected chi connectivity index (χ1v) is 15.6. The highest BCUT2D eigenvalue weighted by Gasteiger charge is 2.28. The van der Waals surface area contributed by atoms with Crippen molar-refractivity contribution < 1.29 is 17.5 Å². The third-order valence-corrected chi connectivity index (χ3v) is 9.98. The number of aryl methyl sites for hydroxylation is 1. The van der Waals surface area contributed by atoms with Crippen LogP contribution in [0.15, 0.2) is 47.5 Å². The van der Waals surface area contributed by atoms with E-state index in [0.717, 1.165) is 48.8 Å².